The summed E-state index contributed by atoms with van der Waals surface area (Å²) in [6.07, 6.45) is 2.48. The molecule has 13 heteroatoms. The maximum absolute atomic E-state index is 13.8. The van der Waals surface area contributed by atoms with E-state index in [1.54, 1.807) is 65.8 Å². The van der Waals surface area contributed by atoms with Crippen LogP contribution in [0.2, 0.25) is 0 Å². The molecule has 0 aliphatic rings. The first kappa shape index (κ1) is 44.8. The van der Waals surface area contributed by atoms with Crippen LogP contribution in [-0.2, 0) is 52.9 Å². The summed E-state index contributed by atoms with van der Waals surface area (Å²) >= 11 is 0. The Labute approximate surface area is 330 Å². The van der Waals surface area contributed by atoms with Gasteiger partial charge in [-0.15, -0.1) is 0 Å². The van der Waals surface area contributed by atoms with E-state index in [0.717, 1.165) is 26.9 Å². The van der Waals surface area contributed by atoms with Crippen LogP contribution in [-0.4, -0.2) is 71.0 Å². The predicted octanol–water partition coefficient (Wildman–Crippen LogP) is 7.30. The Bertz CT molecular complexity index is 1710. The Hall–Kier alpha value is -5.59. The Morgan fingerprint density at radius 2 is 1.11 bits per heavy atom. The van der Waals surface area contributed by atoms with Crippen LogP contribution in [0.1, 0.15) is 97.3 Å². The van der Waals surface area contributed by atoms with Crippen LogP contribution in [0.15, 0.2) is 78.9 Å². The standard InChI is InChI=1S/C43H57N3O10/c1-8-30-44-41(51)45(31-34-16-12-11-13-17-34)46(37(47)20-14-18-32-22-26-35(27-23-32)54-42(4,5)39(49)52-9-2)56-38(48)21-15-19-33-24-28-36(29-25-33)55-43(6,7)40(50)53-10-3/h11-13,16-17,22-29H,8-10,14-15,18-21,30-31H2,1-7H3,(H,44,51). The molecule has 0 spiro atoms. The molecule has 3 rings (SSSR count). The van der Waals surface area contributed by atoms with E-state index >= 15 is 0 Å². The fourth-order valence-corrected chi connectivity index (χ4v) is 5.38. The molecule has 0 aliphatic carbocycles. The molecule has 0 bridgehead atoms. The van der Waals surface area contributed by atoms with Crippen molar-refractivity contribution in [3.05, 3.63) is 95.6 Å². The smallest absolute Gasteiger partial charge is 0.349 e. The van der Waals surface area contributed by atoms with Gasteiger partial charge in [0.15, 0.2) is 11.2 Å². The van der Waals surface area contributed by atoms with Gasteiger partial charge >= 0.3 is 23.9 Å². The van der Waals surface area contributed by atoms with Gasteiger partial charge in [-0.2, -0.15) is 5.01 Å². The summed E-state index contributed by atoms with van der Waals surface area (Å²) in [5.74, 6) is -1.16. The number of amides is 3. The van der Waals surface area contributed by atoms with E-state index in [9.17, 15) is 24.0 Å². The van der Waals surface area contributed by atoms with E-state index in [0.29, 0.717) is 50.1 Å². The normalized spacial score (nSPS) is 11.2. The molecule has 0 fully saturated rings. The van der Waals surface area contributed by atoms with Gasteiger partial charge in [0.05, 0.1) is 19.8 Å². The van der Waals surface area contributed by atoms with Gasteiger partial charge in [0.1, 0.15) is 11.5 Å². The zero-order valence-corrected chi connectivity index (χ0v) is 33.8. The molecule has 0 aliphatic heterocycles. The molecular weight excluding hydrogens is 718 g/mol. The summed E-state index contributed by atoms with van der Waals surface area (Å²) in [5, 5.41) is 4.72. The largest absolute Gasteiger partial charge is 0.476 e. The number of carbonyl (C=O) groups excluding carboxylic acids is 5. The van der Waals surface area contributed by atoms with Gasteiger partial charge < -0.3 is 29.1 Å². The molecule has 0 heterocycles. The summed E-state index contributed by atoms with van der Waals surface area (Å²) < 4.78 is 21.9. The average molecular weight is 776 g/mol. The number of hydroxylamine groups is 1. The number of hydrazine groups is 1. The maximum Gasteiger partial charge on any atom is 0.349 e. The molecule has 3 aromatic carbocycles. The number of esters is 2. The Morgan fingerprint density at radius 1 is 0.625 bits per heavy atom. The fraction of sp³-hybridized carbons (Fsp3) is 0.465. The monoisotopic (exact) mass is 775 g/mol. The highest BCUT2D eigenvalue weighted by Gasteiger charge is 2.33. The van der Waals surface area contributed by atoms with Crippen LogP contribution in [0.4, 0.5) is 4.79 Å². The van der Waals surface area contributed by atoms with Crippen molar-refractivity contribution in [2.45, 2.75) is 111 Å². The average Bonchev–Trinajstić information content (AvgIpc) is 3.17. The molecule has 0 unspecified atom stereocenters. The van der Waals surface area contributed by atoms with Crippen molar-refractivity contribution in [2.75, 3.05) is 19.8 Å². The Kier molecular flexibility index (Phi) is 17.7. The van der Waals surface area contributed by atoms with Crippen molar-refractivity contribution in [1.29, 1.82) is 0 Å². The summed E-state index contributed by atoms with van der Waals surface area (Å²) in [7, 11) is 0. The van der Waals surface area contributed by atoms with Crippen molar-refractivity contribution >= 4 is 29.8 Å². The van der Waals surface area contributed by atoms with Gasteiger partial charge in [-0.25, -0.2) is 19.2 Å². The van der Waals surface area contributed by atoms with Crippen LogP contribution in [0.25, 0.3) is 0 Å². The van der Waals surface area contributed by atoms with Gasteiger partial charge in [-0.05, 0) is 115 Å². The van der Waals surface area contributed by atoms with Crippen molar-refractivity contribution in [3.8, 4) is 11.5 Å². The summed E-state index contributed by atoms with van der Waals surface area (Å²) in [6.45, 7) is 12.8. The van der Waals surface area contributed by atoms with E-state index in [1.807, 2.05) is 61.5 Å². The highest BCUT2D eigenvalue weighted by atomic mass is 16.8. The second-order valence-corrected chi connectivity index (χ2v) is 14.1. The van der Waals surface area contributed by atoms with Crippen LogP contribution in [0.5, 0.6) is 11.5 Å². The first-order valence-electron chi connectivity index (χ1n) is 19.2. The van der Waals surface area contributed by atoms with E-state index in [-0.39, 0.29) is 32.6 Å². The first-order valence-corrected chi connectivity index (χ1v) is 19.2. The topological polar surface area (TPSA) is 150 Å². The minimum atomic E-state index is -1.16. The van der Waals surface area contributed by atoms with Crippen LogP contribution >= 0.6 is 0 Å². The molecular formula is C43H57N3O10. The van der Waals surface area contributed by atoms with Gasteiger partial charge in [0, 0.05) is 19.4 Å². The number of hydrogen-bond acceptors (Lipinski definition) is 10. The number of hydrogen-bond donors (Lipinski definition) is 1. The second-order valence-electron chi connectivity index (χ2n) is 14.1. The number of aryl methyl sites for hydroxylation is 2. The van der Waals surface area contributed by atoms with Crippen molar-refractivity contribution in [2.24, 2.45) is 0 Å². The molecule has 3 aromatic rings. The maximum atomic E-state index is 13.8. The minimum Gasteiger partial charge on any atom is -0.476 e. The van der Waals surface area contributed by atoms with Gasteiger partial charge in [0.25, 0.3) is 5.91 Å². The third kappa shape index (κ3) is 14.6. The van der Waals surface area contributed by atoms with Gasteiger partial charge in [-0.1, -0.05) is 66.7 Å². The molecule has 56 heavy (non-hydrogen) atoms. The summed E-state index contributed by atoms with van der Waals surface area (Å²) in [4.78, 5) is 70.7. The predicted molar refractivity (Wildman–Crippen MR) is 210 cm³/mol. The quantitative estimate of drug-likeness (QED) is 0.0916. The highest BCUT2D eigenvalue weighted by Crippen LogP contribution is 2.23. The summed E-state index contributed by atoms with van der Waals surface area (Å²) in [6, 6.07) is 23.0. The number of urea groups is 1. The van der Waals surface area contributed by atoms with E-state index in [4.69, 9.17) is 23.8 Å². The van der Waals surface area contributed by atoms with E-state index < -0.39 is 41.0 Å². The fourth-order valence-electron chi connectivity index (χ4n) is 5.38. The summed E-state index contributed by atoms with van der Waals surface area (Å²) in [5.41, 5.74) is 0.273. The lowest BCUT2D eigenvalue weighted by Crippen LogP contribution is -2.53. The molecule has 304 valence electrons. The van der Waals surface area contributed by atoms with Crippen molar-refractivity contribution in [3.63, 3.8) is 0 Å². The SMILES string of the molecule is CCCNC(=O)N(Cc1ccccc1)N(OC(=O)CCCc1ccc(OC(C)(C)C(=O)OCC)cc1)C(=O)CCCc1ccc(OC(C)(C)C(=O)OCC)cc1. The lowest BCUT2D eigenvalue weighted by atomic mass is 10.1. The van der Waals surface area contributed by atoms with Crippen LogP contribution in [0.3, 0.4) is 0 Å². The lowest BCUT2D eigenvalue weighted by Gasteiger charge is -2.32. The van der Waals surface area contributed by atoms with Crippen molar-refractivity contribution in [1.82, 2.24) is 15.5 Å². The molecule has 0 saturated heterocycles. The Balaban J connectivity index is 1.68. The van der Waals surface area contributed by atoms with Gasteiger partial charge in [0.2, 0.25) is 0 Å². The number of carbonyl (C=O) groups is 5. The van der Waals surface area contributed by atoms with Crippen molar-refractivity contribution < 1.29 is 47.8 Å². The van der Waals surface area contributed by atoms with Crippen LogP contribution in [0, 0.1) is 0 Å². The van der Waals surface area contributed by atoms with E-state index in [2.05, 4.69) is 5.32 Å². The number of ether oxygens (including phenoxy) is 4. The van der Waals surface area contributed by atoms with Gasteiger partial charge in [-0.3, -0.25) is 4.79 Å². The first-order chi connectivity index (χ1) is 26.7. The minimum absolute atomic E-state index is 0.0135. The molecule has 13 nitrogen and oxygen atoms in total. The lowest BCUT2D eigenvalue weighted by molar-refractivity contribution is -0.246. The molecule has 1 N–H and O–H groups in total. The second kappa shape index (κ2) is 22.1. The highest BCUT2D eigenvalue weighted by molar-refractivity contribution is 5.82. The zero-order valence-electron chi connectivity index (χ0n) is 33.8. The number of rotatable bonds is 20. The molecule has 0 aromatic heterocycles. The number of benzene rings is 3. The Morgan fingerprint density at radius 3 is 1.57 bits per heavy atom. The van der Waals surface area contributed by atoms with Crippen LogP contribution < -0.4 is 14.8 Å². The van der Waals surface area contributed by atoms with E-state index in [1.165, 1.54) is 0 Å². The molecule has 3 amide bonds. The third-order valence-corrected chi connectivity index (χ3v) is 8.39. The molecule has 0 saturated carbocycles. The molecule has 0 atom stereocenters. The number of nitrogens with one attached hydrogen (secondary N) is 1. The number of nitrogens with zero attached hydrogens (tertiary/aromatic N) is 2. The zero-order chi connectivity index (χ0) is 41.1. The third-order valence-electron chi connectivity index (χ3n) is 8.39. The molecule has 0 radical (unpaired) electrons.